The SMILES string of the molecule is CS(=O)(=O)N1CCN(c2ccc(N)c3ccncc23)CC1. The maximum atomic E-state index is 11.6. The van der Waals surface area contributed by atoms with Crippen LogP contribution in [-0.4, -0.2) is 50.1 Å². The highest BCUT2D eigenvalue weighted by molar-refractivity contribution is 7.88. The first-order valence-electron chi connectivity index (χ1n) is 6.79. The fraction of sp³-hybridized carbons (Fsp3) is 0.357. The number of aromatic nitrogens is 1. The van der Waals surface area contributed by atoms with Crippen LogP contribution < -0.4 is 10.6 Å². The second kappa shape index (κ2) is 5.16. The Hall–Kier alpha value is -1.86. The smallest absolute Gasteiger partial charge is 0.211 e. The molecule has 2 heterocycles. The molecule has 1 fully saturated rings. The van der Waals surface area contributed by atoms with E-state index in [9.17, 15) is 8.42 Å². The van der Waals surface area contributed by atoms with Gasteiger partial charge in [0.15, 0.2) is 0 Å². The summed E-state index contributed by atoms with van der Waals surface area (Å²) in [5, 5.41) is 1.98. The maximum Gasteiger partial charge on any atom is 0.211 e. The van der Waals surface area contributed by atoms with Gasteiger partial charge in [-0.25, -0.2) is 8.42 Å². The summed E-state index contributed by atoms with van der Waals surface area (Å²) in [5.41, 5.74) is 7.78. The van der Waals surface area contributed by atoms with Crippen molar-refractivity contribution in [3.05, 3.63) is 30.6 Å². The number of rotatable bonds is 2. The quantitative estimate of drug-likeness (QED) is 0.834. The first kappa shape index (κ1) is 14.1. The number of nitrogen functional groups attached to an aromatic ring is 1. The lowest BCUT2D eigenvalue weighted by molar-refractivity contribution is 0.388. The molecule has 0 spiro atoms. The van der Waals surface area contributed by atoms with Crippen molar-refractivity contribution < 1.29 is 8.42 Å². The fourth-order valence-electron chi connectivity index (χ4n) is 2.73. The Kier molecular flexibility index (Phi) is 3.46. The van der Waals surface area contributed by atoms with Crippen molar-refractivity contribution in [1.29, 1.82) is 0 Å². The van der Waals surface area contributed by atoms with Gasteiger partial charge in [0.1, 0.15) is 0 Å². The van der Waals surface area contributed by atoms with Crippen LogP contribution in [0.15, 0.2) is 30.6 Å². The fourth-order valence-corrected chi connectivity index (χ4v) is 3.56. The monoisotopic (exact) mass is 306 g/mol. The van der Waals surface area contributed by atoms with Gasteiger partial charge in [0, 0.05) is 60.7 Å². The van der Waals surface area contributed by atoms with Gasteiger partial charge in [-0.2, -0.15) is 4.31 Å². The van der Waals surface area contributed by atoms with E-state index in [-0.39, 0.29) is 0 Å². The Balaban J connectivity index is 1.91. The standard InChI is InChI=1S/C14H18N4O2S/c1-21(19,20)18-8-6-17(7-9-18)14-3-2-13(15)11-4-5-16-10-12(11)14/h2-5,10H,6-9,15H2,1H3. The van der Waals surface area contributed by atoms with Gasteiger partial charge < -0.3 is 10.6 Å². The van der Waals surface area contributed by atoms with Crippen LogP contribution in [0.4, 0.5) is 11.4 Å². The molecule has 0 radical (unpaired) electrons. The van der Waals surface area contributed by atoms with Gasteiger partial charge in [-0.15, -0.1) is 0 Å². The number of hydrogen-bond acceptors (Lipinski definition) is 5. The molecule has 1 aliphatic rings. The lowest BCUT2D eigenvalue weighted by Crippen LogP contribution is -2.48. The topological polar surface area (TPSA) is 79.5 Å². The molecule has 1 aliphatic heterocycles. The number of hydrogen-bond donors (Lipinski definition) is 1. The normalized spacial score (nSPS) is 17.3. The van der Waals surface area contributed by atoms with Crippen molar-refractivity contribution in [1.82, 2.24) is 9.29 Å². The Morgan fingerprint density at radius 2 is 1.81 bits per heavy atom. The Labute approximate surface area is 124 Å². The zero-order valence-corrected chi connectivity index (χ0v) is 12.7. The molecule has 0 amide bonds. The first-order chi connectivity index (χ1) is 9.97. The average Bonchev–Trinajstić information content (AvgIpc) is 2.47. The van der Waals surface area contributed by atoms with Crippen molar-refractivity contribution in [3.63, 3.8) is 0 Å². The number of piperazine rings is 1. The molecule has 0 bridgehead atoms. The molecule has 1 aromatic carbocycles. The molecule has 6 nitrogen and oxygen atoms in total. The van der Waals surface area contributed by atoms with E-state index in [0.717, 1.165) is 22.1 Å². The number of pyridine rings is 1. The number of sulfonamides is 1. The molecule has 7 heteroatoms. The van der Waals surface area contributed by atoms with Crippen molar-refractivity contribution in [2.45, 2.75) is 0 Å². The van der Waals surface area contributed by atoms with Gasteiger partial charge in [-0.05, 0) is 18.2 Å². The summed E-state index contributed by atoms with van der Waals surface area (Å²) in [6.45, 7) is 2.35. The van der Waals surface area contributed by atoms with Crippen molar-refractivity contribution in [3.8, 4) is 0 Å². The summed E-state index contributed by atoms with van der Waals surface area (Å²) >= 11 is 0. The second-order valence-corrected chi connectivity index (χ2v) is 7.23. The van der Waals surface area contributed by atoms with Crippen molar-refractivity contribution in [2.75, 3.05) is 43.1 Å². The number of nitrogens with two attached hydrogens (primary N) is 1. The molecule has 0 atom stereocenters. The maximum absolute atomic E-state index is 11.6. The predicted molar refractivity (Wildman–Crippen MR) is 84.8 cm³/mol. The molecule has 0 saturated carbocycles. The van der Waals surface area contributed by atoms with E-state index < -0.39 is 10.0 Å². The van der Waals surface area contributed by atoms with E-state index in [0.29, 0.717) is 26.2 Å². The van der Waals surface area contributed by atoms with Crippen molar-refractivity contribution in [2.24, 2.45) is 0 Å². The van der Waals surface area contributed by atoms with Gasteiger partial charge in [0.05, 0.1) is 6.26 Å². The molecule has 0 aliphatic carbocycles. The summed E-state index contributed by atoms with van der Waals surface area (Å²) in [6, 6.07) is 5.77. The molecule has 3 rings (SSSR count). The van der Waals surface area contributed by atoms with Gasteiger partial charge in [-0.3, -0.25) is 4.98 Å². The van der Waals surface area contributed by atoms with Crippen LogP contribution in [-0.2, 0) is 10.0 Å². The van der Waals surface area contributed by atoms with Crippen LogP contribution >= 0.6 is 0 Å². The molecule has 112 valence electrons. The molecule has 0 unspecified atom stereocenters. The predicted octanol–water partition coefficient (Wildman–Crippen LogP) is 0.899. The Morgan fingerprint density at radius 3 is 2.48 bits per heavy atom. The second-order valence-electron chi connectivity index (χ2n) is 5.24. The van der Waals surface area contributed by atoms with E-state index in [1.807, 2.05) is 24.4 Å². The summed E-state index contributed by atoms with van der Waals surface area (Å²) < 4.78 is 24.6. The summed E-state index contributed by atoms with van der Waals surface area (Å²) in [4.78, 5) is 6.36. The van der Waals surface area contributed by atoms with E-state index in [1.165, 1.54) is 10.6 Å². The minimum absolute atomic E-state index is 0.505. The molecular formula is C14H18N4O2S. The average molecular weight is 306 g/mol. The zero-order chi connectivity index (χ0) is 15.0. The highest BCUT2D eigenvalue weighted by atomic mass is 32.2. The minimum Gasteiger partial charge on any atom is -0.398 e. The van der Waals surface area contributed by atoms with Gasteiger partial charge >= 0.3 is 0 Å². The summed E-state index contributed by atoms with van der Waals surface area (Å²) in [5.74, 6) is 0. The lowest BCUT2D eigenvalue weighted by Gasteiger charge is -2.35. The van der Waals surface area contributed by atoms with Crippen LogP contribution in [0.5, 0.6) is 0 Å². The highest BCUT2D eigenvalue weighted by Gasteiger charge is 2.24. The third-order valence-electron chi connectivity index (χ3n) is 3.88. The van der Waals surface area contributed by atoms with E-state index in [2.05, 4.69) is 9.88 Å². The van der Waals surface area contributed by atoms with Crippen LogP contribution in [0.3, 0.4) is 0 Å². The largest absolute Gasteiger partial charge is 0.398 e. The highest BCUT2D eigenvalue weighted by Crippen LogP contribution is 2.30. The number of anilines is 2. The Bertz CT molecular complexity index is 768. The molecule has 2 N–H and O–H groups in total. The number of benzene rings is 1. The van der Waals surface area contributed by atoms with Crippen LogP contribution in [0, 0.1) is 0 Å². The van der Waals surface area contributed by atoms with E-state index >= 15 is 0 Å². The van der Waals surface area contributed by atoms with Gasteiger partial charge in [-0.1, -0.05) is 0 Å². The van der Waals surface area contributed by atoms with Crippen LogP contribution in [0.1, 0.15) is 0 Å². The lowest BCUT2D eigenvalue weighted by atomic mass is 10.1. The third kappa shape index (κ3) is 2.66. The van der Waals surface area contributed by atoms with Gasteiger partial charge in [0.2, 0.25) is 10.0 Å². The van der Waals surface area contributed by atoms with Gasteiger partial charge in [0.25, 0.3) is 0 Å². The summed E-state index contributed by atoms with van der Waals surface area (Å²) in [7, 11) is -3.11. The first-order valence-corrected chi connectivity index (χ1v) is 8.64. The number of fused-ring (bicyclic) bond motifs is 1. The third-order valence-corrected chi connectivity index (χ3v) is 5.18. The number of nitrogens with zero attached hydrogens (tertiary/aromatic N) is 3. The molecule has 2 aromatic rings. The molecule has 1 saturated heterocycles. The molecule has 21 heavy (non-hydrogen) atoms. The zero-order valence-electron chi connectivity index (χ0n) is 11.9. The van der Waals surface area contributed by atoms with E-state index in [4.69, 9.17) is 5.73 Å². The Morgan fingerprint density at radius 1 is 1.10 bits per heavy atom. The van der Waals surface area contributed by atoms with E-state index in [1.54, 1.807) is 6.20 Å². The summed E-state index contributed by atoms with van der Waals surface area (Å²) in [6.07, 6.45) is 4.79. The van der Waals surface area contributed by atoms with Crippen LogP contribution in [0.25, 0.3) is 10.8 Å². The molecular weight excluding hydrogens is 288 g/mol. The van der Waals surface area contributed by atoms with Crippen LogP contribution in [0.2, 0.25) is 0 Å². The molecule has 1 aromatic heterocycles. The van der Waals surface area contributed by atoms with Crippen molar-refractivity contribution >= 4 is 32.2 Å². The minimum atomic E-state index is -3.11.